The van der Waals surface area contributed by atoms with Gasteiger partial charge in [-0.05, 0) is 60.5 Å². The summed E-state index contributed by atoms with van der Waals surface area (Å²) in [6.45, 7) is 1.61. The number of urea groups is 1. The number of nitrogens with zero attached hydrogens (tertiary/aromatic N) is 2. The van der Waals surface area contributed by atoms with Crippen molar-refractivity contribution in [2.75, 3.05) is 14.2 Å². The van der Waals surface area contributed by atoms with E-state index in [0.29, 0.717) is 16.9 Å². The van der Waals surface area contributed by atoms with E-state index in [-0.39, 0.29) is 17.3 Å². The summed E-state index contributed by atoms with van der Waals surface area (Å²) in [6.07, 6.45) is 2.70. The van der Waals surface area contributed by atoms with Gasteiger partial charge in [0.1, 0.15) is 11.3 Å². The van der Waals surface area contributed by atoms with E-state index in [1.807, 2.05) is 0 Å². The van der Waals surface area contributed by atoms with Crippen LogP contribution in [-0.2, 0) is 10.3 Å². The maximum atomic E-state index is 13.0. The number of hydrogen-bond donors (Lipinski definition) is 1. The highest BCUT2D eigenvalue weighted by molar-refractivity contribution is 6.07. The highest BCUT2D eigenvalue weighted by Gasteiger charge is 2.49. The fourth-order valence-electron chi connectivity index (χ4n) is 3.37. The molecule has 1 saturated heterocycles. The molecule has 3 amide bonds. The molecule has 3 aromatic rings. The normalized spacial score (nSPS) is 17.7. The summed E-state index contributed by atoms with van der Waals surface area (Å²) in [6, 6.07) is 13.9. The topological polar surface area (TPSA) is 120 Å². The number of amides is 3. The average molecular weight is 463 g/mol. The van der Waals surface area contributed by atoms with Crippen LogP contribution in [0.1, 0.15) is 28.6 Å². The van der Waals surface area contributed by atoms with Crippen molar-refractivity contribution in [2.24, 2.45) is 5.10 Å². The molecule has 1 fully saturated rings. The van der Waals surface area contributed by atoms with Crippen LogP contribution in [0.5, 0.6) is 17.2 Å². The molecule has 0 spiro atoms. The summed E-state index contributed by atoms with van der Waals surface area (Å²) >= 11 is 0. The van der Waals surface area contributed by atoms with E-state index in [1.165, 1.54) is 31.7 Å². The van der Waals surface area contributed by atoms with Crippen LogP contribution in [0.2, 0.25) is 0 Å². The molecule has 1 aliphatic heterocycles. The lowest BCUT2D eigenvalue weighted by atomic mass is 9.92. The molecule has 2 heterocycles. The first-order chi connectivity index (χ1) is 16.4. The number of imide groups is 1. The summed E-state index contributed by atoms with van der Waals surface area (Å²) in [5.41, 5.74) is -0.176. The van der Waals surface area contributed by atoms with Crippen molar-refractivity contribution >= 4 is 24.1 Å². The maximum Gasteiger partial charge on any atom is 0.379 e. The molecule has 0 saturated carbocycles. The number of nitrogens with one attached hydrogen (secondary N) is 1. The van der Waals surface area contributed by atoms with Gasteiger partial charge >= 0.3 is 12.0 Å². The van der Waals surface area contributed by atoms with Crippen LogP contribution >= 0.6 is 0 Å². The van der Waals surface area contributed by atoms with Crippen LogP contribution in [0, 0.1) is 0 Å². The number of carbonyl (C=O) groups excluding carboxylic acids is 3. The smallest absolute Gasteiger partial charge is 0.379 e. The van der Waals surface area contributed by atoms with Crippen LogP contribution < -0.4 is 19.5 Å². The Morgan fingerprint density at radius 3 is 2.47 bits per heavy atom. The third kappa shape index (κ3) is 4.20. The van der Waals surface area contributed by atoms with E-state index in [9.17, 15) is 14.4 Å². The van der Waals surface area contributed by atoms with Crippen LogP contribution in [-0.4, -0.2) is 43.4 Å². The Bertz CT molecular complexity index is 1250. The predicted molar refractivity (Wildman–Crippen MR) is 120 cm³/mol. The zero-order valence-corrected chi connectivity index (χ0v) is 18.6. The van der Waals surface area contributed by atoms with E-state index in [1.54, 1.807) is 56.5 Å². The van der Waals surface area contributed by atoms with Gasteiger partial charge in [-0.25, -0.2) is 9.59 Å². The van der Waals surface area contributed by atoms with Crippen molar-refractivity contribution in [2.45, 2.75) is 12.5 Å². The largest absolute Gasteiger partial charge is 0.497 e. The molecule has 1 aliphatic rings. The predicted octanol–water partition coefficient (Wildman–Crippen LogP) is 3.32. The van der Waals surface area contributed by atoms with Crippen molar-refractivity contribution in [1.29, 1.82) is 0 Å². The van der Waals surface area contributed by atoms with Gasteiger partial charge in [0.05, 0.1) is 26.7 Å². The quantitative estimate of drug-likeness (QED) is 0.247. The van der Waals surface area contributed by atoms with Gasteiger partial charge in [0.25, 0.3) is 5.91 Å². The van der Waals surface area contributed by atoms with Crippen LogP contribution in [0.15, 0.2) is 70.4 Å². The van der Waals surface area contributed by atoms with Gasteiger partial charge in [0.2, 0.25) is 5.76 Å². The molecule has 10 heteroatoms. The second kappa shape index (κ2) is 9.10. The molecule has 2 aromatic carbocycles. The molecule has 0 radical (unpaired) electrons. The Balaban J connectivity index is 1.51. The lowest BCUT2D eigenvalue weighted by molar-refractivity contribution is -0.131. The Hall–Kier alpha value is -4.60. The van der Waals surface area contributed by atoms with Crippen LogP contribution in [0.3, 0.4) is 0 Å². The molecule has 1 aromatic heterocycles. The highest BCUT2D eigenvalue weighted by Crippen LogP contribution is 2.31. The molecule has 1 N–H and O–H groups in total. The highest BCUT2D eigenvalue weighted by atomic mass is 16.6. The summed E-state index contributed by atoms with van der Waals surface area (Å²) < 4.78 is 20.8. The lowest BCUT2D eigenvalue weighted by Gasteiger charge is -2.21. The van der Waals surface area contributed by atoms with Crippen LogP contribution in [0.4, 0.5) is 4.79 Å². The van der Waals surface area contributed by atoms with Crippen molar-refractivity contribution in [3.63, 3.8) is 0 Å². The van der Waals surface area contributed by atoms with Crippen LogP contribution in [0.25, 0.3) is 0 Å². The minimum absolute atomic E-state index is 0.0474. The van der Waals surface area contributed by atoms with Gasteiger partial charge in [-0.2, -0.15) is 5.10 Å². The molecule has 0 bridgehead atoms. The monoisotopic (exact) mass is 463 g/mol. The van der Waals surface area contributed by atoms with E-state index < -0.39 is 23.4 Å². The third-order valence-corrected chi connectivity index (χ3v) is 5.27. The maximum absolute atomic E-state index is 13.0. The first-order valence-electron chi connectivity index (χ1n) is 10.1. The second-order valence-electron chi connectivity index (χ2n) is 7.42. The number of benzene rings is 2. The molecule has 34 heavy (non-hydrogen) atoms. The number of methoxy groups -OCH3 is 2. The fraction of sp³-hybridized carbons (Fsp3) is 0.167. The van der Waals surface area contributed by atoms with Crippen molar-refractivity contribution in [3.8, 4) is 17.2 Å². The Morgan fingerprint density at radius 1 is 1.06 bits per heavy atom. The number of hydrazone groups is 1. The number of ether oxygens (including phenoxy) is 3. The van der Waals surface area contributed by atoms with Crippen molar-refractivity contribution in [3.05, 3.63) is 77.7 Å². The zero-order valence-electron chi connectivity index (χ0n) is 18.6. The van der Waals surface area contributed by atoms with Gasteiger partial charge < -0.3 is 23.9 Å². The second-order valence-corrected chi connectivity index (χ2v) is 7.42. The molecule has 0 aliphatic carbocycles. The lowest BCUT2D eigenvalue weighted by Crippen LogP contribution is -2.40. The Kier molecular flexibility index (Phi) is 6.05. The molecule has 1 atom stereocenters. The molecule has 10 nitrogen and oxygen atoms in total. The molecule has 4 rings (SSSR count). The third-order valence-electron chi connectivity index (χ3n) is 5.27. The molecule has 0 unspecified atom stereocenters. The van der Waals surface area contributed by atoms with E-state index in [4.69, 9.17) is 18.6 Å². The summed E-state index contributed by atoms with van der Waals surface area (Å²) in [7, 11) is 2.96. The SMILES string of the molecule is COc1ccc([C@]2(C)NC(=O)N(/N=C\c3ccc(OC(=O)c4ccco4)c(OC)c3)C2=O)cc1. The average Bonchev–Trinajstić information content (AvgIpc) is 3.46. The van der Waals surface area contributed by atoms with Gasteiger partial charge in [0, 0.05) is 0 Å². The van der Waals surface area contributed by atoms with Gasteiger partial charge in [0.15, 0.2) is 11.5 Å². The number of furan rings is 1. The van der Waals surface area contributed by atoms with Gasteiger partial charge in [-0.1, -0.05) is 12.1 Å². The fourth-order valence-corrected chi connectivity index (χ4v) is 3.37. The van der Waals surface area contributed by atoms with Crippen molar-refractivity contribution < 1.29 is 33.0 Å². The molecular weight excluding hydrogens is 442 g/mol. The first-order valence-corrected chi connectivity index (χ1v) is 10.1. The van der Waals surface area contributed by atoms with Gasteiger partial charge in [-0.3, -0.25) is 4.79 Å². The minimum Gasteiger partial charge on any atom is -0.497 e. The number of carbonyl (C=O) groups is 3. The standard InChI is InChI=1S/C24H21N3O7/c1-24(16-7-9-17(31-2)10-8-16)22(29)27(23(30)26-24)25-14-15-6-11-18(20(13-15)32-3)34-21(28)19-5-4-12-33-19/h4-14H,1-3H3,(H,26,30)/b25-14-/t24-/m0/s1. The molecular formula is C24H21N3O7. The Morgan fingerprint density at radius 2 is 1.82 bits per heavy atom. The Labute approximate surface area is 194 Å². The van der Waals surface area contributed by atoms with Crippen molar-refractivity contribution in [1.82, 2.24) is 10.3 Å². The van der Waals surface area contributed by atoms with Gasteiger partial charge in [-0.15, -0.1) is 5.01 Å². The number of hydrogen-bond acceptors (Lipinski definition) is 8. The zero-order chi connectivity index (χ0) is 24.3. The molecule has 174 valence electrons. The summed E-state index contributed by atoms with van der Waals surface area (Å²) in [5.74, 6) is -0.110. The summed E-state index contributed by atoms with van der Waals surface area (Å²) in [5, 5.41) is 7.50. The van der Waals surface area contributed by atoms with E-state index in [2.05, 4.69) is 10.4 Å². The summed E-state index contributed by atoms with van der Waals surface area (Å²) in [4.78, 5) is 37.6. The first kappa shape index (κ1) is 22.6. The number of rotatable bonds is 7. The van der Waals surface area contributed by atoms with E-state index in [0.717, 1.165) is 5.01 Å². The minimum atomic E-state index is -1.28. The van der Waals surface area contributed by atoms with E-state index >= 15 is 0 Å². The number of esters is 1.